The van der Waals surface area contributed by atoms with E-state index in [0.717, 1.165) is 44.9 Å². The maximum Gasteiger partial charge on any atom is 0.472 e. The number of nitrogens with zero attached hydrogens (tertiary/aromatic N) is 1. The molecule has 0 aliphatic heterocycles. The number of allylic oxidation sites excluding steroid dienone is 8. The van der Waals surface area contributed by atoms with Gasteiger partial charge in [-0.05, 0) is 32.1 Å². The Hall–Kier alpha value is -2.03. The van der Waals surface area contributed by atoms with Crippen molar-refractivity contribution in [2.24, 2.45) is 0 Å². The molecule has 2 atom stereocenters. The van der Waals surface area contributed by atoms with Crippen LogP contribution < -0.4 is 0 Å². The van der Waals surface area contributed by atoms with E-state index in [9.17, 15) is 19.0 Å². The maximum atomic E-state index is 12.5. The lowest BCUT2D eigenvalue weighted by molar-refractivity contribution is -0.870. The SMILES string of the molecule is CC/C=C/C=C/C=C/C=C/CCCCCC(=O)OC(COC(=O)CCCCCCCCCCC)COP(=O)(O)OCC[N+](C)(C)C. The molecule has 2 unspecified atom stereocenters. The second kappa shape index (κ2) is 29.1. The molecule has 0 rings (SSSR count). The van der Waals surface area contributed by atoms with Crippen molar-refractivity contribution in [2.75, 3.05) is 47.5 Å². The van der Waals surface area contributed by atoms with Crippen molar-refractivity contribution >= 4 is 19.8 Å². The number of likely N-dealkylation sites (N-methyl/N-ethyl adjacent to an activating group) is 1. The van der Waals surface area contributed by atoms with Crippen LogP contribution in [0.2, 0.25) is 0 Å². The molecule has 0 saturated heterocycles. The molecule has 0 amide bonds. The normalized spacial score (nSPS) is 14.5. The van der Waals surface area contributed by atoms with Gasteiger partial charge < -0.3 is 18.9 Å². The number of phosphoric ester groups is 1. The summed E-state index contributed by atoms with van der Waals surface area (Å²) in [6, 6.07) is 0. The summed E-state index contributed by atoms with van der Waals surface area (Å²) in [6.07, 6.45) is 30.3. The molecule has 1 N–H and O–H groups in total. The predicted molar refractivity (Wildman–Crippen MR) is 187 cm³/mol. The average molecular weight is 671 g/mol. The highest BCUT2D eigenvalue weighted by molar-refractivity contribution is 7.47. The Kier molecular flexibility index (Phi) is 27.8. The molecule has 0 aromatic rings. The number of phosphoric acid groups is 1. The van der Waals surface area contributed by atoms with Crippen LogP contribution >= 0.6 is 7.82 Å². The summed E-state index contributed by atoms with van der Waals surface area (Å²) in [6.45, 7) is 4.17. The topological polar surface area (TPSA) is 108 Å². The molecule has 46 heavy (non-hydrogen) atoms. The van der Waals surface area contributed by atoms with Crippen molar-refractivity contribution < 1.29 is 42.1 Å². The van der Waals surface area contributed by atoms with Crippen molar-refractivity contribution in [3.63, 3.8) is 0 Å². The molecule has 10 heteroatoms. The fraction of sp³-hybridized carbons (Fsp3) is 0.722. The van der Waals surface area contributed by atoms with Gasteiger partial charge in [-0.15, -0.1) is 0 Å². The molecule has 0 aromatic heterocycles. The number of hydrogen-bond acceptors (Lipinski definition) is 7. The predicted octanol–water partition coefficient (Wildman–Crippen LogP) is 8.79. The second-order valence-electron chi connectivity index (χ2n) is 12.6. The Balaban J connectivity index is 4.59. The summed E-state index contributed by atoms with van der Waals surface area (Å²) >= 11 is 0. The van der Waals surface area contributed by atoms with E-state index in [-0.39, 0.29) is 32.0 Å². The van der Waals surface area contributed by atoms with E-state index in [0.29, 0.717) is 17.4 Å². The highest BCUT2D eigenvalue weighted by Crippen LogP contribution is 2.43. The Morgan fingerprint density at radius 1 is 0.696 bits per heavy atom. The minimum absolute atomic E-state index is 0.0224. The van der Waals surface area contributed by atoms with Gasteiger partial charge in [0.15, 0.2) is 6.10 Å². The number of unbranched alkanes of at least 4 members (excludes halogenated alkanes) is 11. The van der Waals surface area contributed by atoms with Gasteiger partial charge in [0.25, 0.3) is 0 Å². The molecule has 0 spiro atoms. The molecular formula is C36H65NO8P+. The zero-order valence-corrected chi connectivity index (χ0v) is 30.4. The highest BCUT2D eigenvalue weighted by Gasteiger charge is 2.27. The number of rotatable bonds is 30. The van der Waals surface area contributed by atoms with Gasteiger partial charge in [0.05, 0.1) is 27.7 Å². The Morgan fingerprint density at radius 3 is 1.85 bits per heavy atom. The molecule has 0 heterocycles. The van der Waals surface area contributed by atoms with E-state index >= 15 is 0 Å². The Bertz CT molecular complexity index is 939. The Labute approximate surface area is 280 Å². The molecule has 0 saturated carbocycles. The van der Waals surface area contributed by atoms with Gasteiger partial charge in [-0.25, -0.2) is 4.57 Å². The maximum absolute atomic E-state index is 12.5. The summed E-state index contributed by atoms with van der Waals surface area (Å²) in [4.78, 5) is 35.0. The lowest BCUT2D eigenvalue weighted by Crippen LogP contribution is -2.37. The van der Waals surface area contributed by atoms with Crippen LogP contribution in [0.1, 0.15) is 117 Å². The summed E-state index contributed by atoms with van der Waals surface area (Å²) < 4.78 is 34.0. The third-order valence-corrected chi connectivity index (χ3v) is 7.95. The molecule has 0 fully saturated rings. The van der Waals surface area contributed by atoms with Gasteiger partial charge >= 0.3 is 19.8 Å². The quantitative estimate of drug-likeness (QED) is 0.0266. The molecular weight excluding hydrogens is 605 g/mol. The summed E-state index contributed by atoms with van der Waals surface area (Å²) in [7, 11) is 1.44. The summed E-state index contributed by atoms with van der Waals surface area (Å²) in [5.41, 5.74) is 0. The third-order valence-electron chi connectivity index (χ3n) is 6.97. The summed E-state index contributed by atoms with van der Waals surface area (Å²) in [5.74, 6) is -0.854. The van der Waals surface area contributed by atoms with E-state index < -0.39 is 26.5 Å². The first-order valence-corrected chi connectivity index (χ1v) is 18.9. The van der Waals surface area contributed by atoms with Crippen LogP contribution in [0.5, 0.6) is 0 Å². The fourth-order valence-electron chi connectivity index (χ4n) is 4.20. The number of esters is 2. The lowest BCUT2D eigenvalue weighted by atomic mass is 10.1. The van der Waals surface area contributed by atoms with Gasteiger partial charge in [-0.2, -0.15) is 0 Å². The standard InChI is InChI=1S/C36H64NO8P/c1-6-8-10-12-14-16-17-18-19-21-23-25-27-29-36(39)45-34(33-44-46(40,41)43-31-30-37(3,4)5)32-42-35(38)28-26-24-22-20-15-13-11-9-7-2/h8,10,12,14,16-19,34H,6-7,9,11,13,15,20-33H2,1-5H3/p+1/b10-8+,14-12+,17-16+,19-18+. The van der Waals surface area contributed by atoms with Crippen LogP contribution in [0.25, 0.3) is 0 Å². The van der Waals surface area contributed by atoms with Gasteiger partial charge in [0.1, 0.15) is 19.8 Å². The van der Waals surface area contributed by atoms with Gasteiger partial charge in [-0.1, -0.05) is 120 Å². The van der Waals surface area contributed by atoms with Gasteiger partial charge in [-0.3, -0.25) is 18.6 Å². The largest absolute Gasteiger partial charge is 0.472 e. The van der Waals surface area contributed by atoms with E-state index in [1.165, 1.54) is 38.5 Å². The minimum Gasteiger partial charge on any atom is -0.462 e. The molecule has 266 valence electrons. The second-order valence-corrected chi connectivity index (χ2v) is 14.1. The minimum atomic E-state index is -4.37. The van der Waals surface area contributed by atoms with Crippen LogP contribution in [0.4, 0.5) is 0 Å². The average Bonchev–Trinajstić information content (AvgIpc) is 2.99. The van der Waals surface area contributed by atoms with Crippen LogP contribution in [0, 0.1) is 0 Å². The summed E-state index contributed by atoms with van der Waals surface area (Å²) in [5, 5.41) is 0. The molecule has 0 aliphatic rings. The van der Waals surface area contributed by atoms with Crippen LogP contribution in [-0.2, 0) is 32.7 Å². The van der Waals surface area contributed by atoms with Crippen molar-refractivity contribution in [1.29, 1.82) is 0 Å². The smallest absolute Gasteiger partial charge is 0.462 e. The molecule has 0 aromatic carbocycles. The number of quaternary nitrogens is 1. The molecule has 0 radical (unpaired) electrons. The number of carbonyl (C=O) groups excluding carboxylic acids is 2. The van der Waals surface area contributed by atoms with Crippen molar-refractivity contribution in [2.45, 2.75) is 123 Å². The van der Waals surface area contributed by atoms with Crippen LogP contribution in [0.15, 0.2) is 48.6 Å². The van der Waals surface area contributed by atoms with E-state index in [2.05, 4.69) is 26.0 Å². The zero-order valence-electron chi connectivity index (χ0n) is 29.5. The molecule has 0 aliphatic carbocycles. The molecule has 0 bridgehead atoms. The number of carbonyl (C=O) groups is 2. The lowest BCUT2D eigenvalue weighted by Gasteiger charge is -2.24. The van der Waals surface area contributed by atoms with Gasteiger partial charge in [0, 0.05) is 12.8 Å². The van der Waals surface area contributed by atoms with Crippen molar-refractivity contribution in [3.05, 3.63) is 48.6 Å². The fourth-order valence-corrected chi connectivity index (χ4v) is 4.94. The Morgan fingerprint density at radius 2 is 1.24 bits per heavy atom. The van der Waals surface area contributed by atoms with Crippen molar-refractivity contribution in [1.82, 2.24) is 0 Å². The highest BCUT2D eigenvalue weighted by atomic mass is 31.2. The zero-order chi connectivity index (χ0) is 34.4. The first kappa shape index (κ1) is 44.0. The monoisotopic (exact) mass is 670 g/mol. The van der Waals surface area contributed by atoms with E-state index in [4.69, 9.17) is 18.5 Å². The van der Waals surface area contributed by atoms with Gasteiger partial charge in [0.2, 0.25) is 0 Å². The molecule has 9 nitrogen and oxygen atoms in total. The third kappa shape index (κ3) is 31.9. The first-order chi connectivity index (χ1) is 22.0. The first-order valence-electron chi connectivity index (χ1n) is 17.4. The van der Waals surface area contributed by atoms with Crippen LogP contribution in [-0.4, -0.2) is 74.9 Å². The van der Waals surface area contributed by atoms with Crippen molar-refractivity contribution in [3.8, 4) is 0 Å². The number of hydrogen-bond donors (Lipinski definition) is 1. The van der Waals surface area contributed by atoms with Crippen LogP contribution in [0.3, 0.4) is 0 Å². The van der Waals surface area contributed by atoms with E-state index in [1.807, 2.05) is 57.6 Å². The van der Waals surface area contributed by atoms with E-state index in [1.54, 1.807) is 0 Å². The number of ether oxygens (including phenoxy) is 2.